The third-order valence-electron chi connectivity index (χ3n) is 3.78. The molecule has 1 heteroatoms. The maximum atomic E-state index is 11.6. The van der Waals surface area contributed by atoms with Gasteiger partial charge in [0.25, 0.3) is 0 Å². The zero-order valence-corrected chi connectivity index (χ0v) is 8.68. The quantitative estimate of drug-likeness (QED) is 0.647. The Morgan fingerprint density at radius 1 is 0.938 bits per heavy atom. The molecule has 1 nitrogen and oxygen atoms in total. The van der Waals surface area contributed by atoms with Gasteiger partial charge in [0.05, 0.1) is 5.92 Å². The number of rotatable bonds is 0. The van der Waals surface area contributed by atoms with Crippen LogP contribution in [0.25, 0.3) is 10.8 Å². The van der Waals surface area contributed by atoms with Crippen molar-refractivity contribution in [1.29, 1.82) is 0 Å². The van der Waals surface area contributed by atoms with E-state index in [9.17, 15) is 4.79 Å². The van der Waals surface area contributed by atoms with Crippen LogP contribution in [0.1, 0.15) is 23.0 Å². The molecular weight excluding hydrogens is 196 g/mol. The van der Waals surface area contributed by atoms with Crippen molar-refractivity contribution >= 4 is 16.6 Å². The lowest BCUT2D eigenvalue weighted by Gasteiger charge is -2.33. The molecule has 0 fully saturated rings. The highest BCUT2D eigenvalue weighted by molar-refractivity contribution is 6.03. The fourth-order valence-electron chi connectivity index (χ4n) is 2.96. The van der Waals surface area contributed by atoms with Crippen molar-refractivity contribution in [3.8, 4) is 0 Å². The summed E-state index contributed by atoms with van der Waals surface area (Å²) in [6.45, 7) is 0. The average molecular weight is 206 g/mol. The van der Waals surface area contributed by atoms with Gasteiger partial charge in [-0.1, -0.05) is 42.5 Å². The highest BCUT2D eigenvalue weighted by Gasteiger charge is 2.43. The van der Waals surface area contributed by atoms with E-state index in [1.54, 1.807) is 6.08 Å². The van der Waals surface area contributed by atoms with Crippen LogP contribution < -0.4 is 0 Å². The van der Waals surface area contributed by atoms with E-state index in [1.807, 2.05) is 12.1 Å². The van der Waals surface area contributed by atoms with Crippen molar-refractivity contribution in [1.82, 2.24) is 0 Å². The topological polar surface area (TPSA) is 17.1 Å². The van der Waals surface area contributed by atoms with E-state index in [2.05, 4.69) is 30.3 Å². The predicted molar refractivity (Wildman–Crippen MR) is 63.6 cm³/mol. The Morgan fingerprint density at radius 2 is 1.62 bits per heavy atom. The van der Waals surface area contributed by atoms with Crippen LogP contribution in [0.5, 0.6) is 0 Å². The summed E-state index contributed by atoms with van der Waals surface area (Å²) >= 11 is 0. The smallest absolute Gasteiger partial charge is 0.163 e. The average Bonchev–Trinajstić information content (AvgIpc) is 2.63. The second kappa shape index (κ2) is 2.62. The second-order valence-corrected chi connectivity index (χ2v) is 4.59. The van der Waals surface area contributed by atoms with Gasteiger partial charge >= 0.3 is 0 Å². The van der Waals surface area contributed by atoms with Crippen LogP contribution in [0.15, 0.2) is 48.6 Å². The maximum absolute atomic E-state index is 11.6. The van der Waals surface area contributed by atoms with Gasteiger partial charge in [-0.25, -0.2) is 0 Å². The predicted octanol–water partition coefficient (Wildman–Crippen LogP) is 3.16. The summed E-state index contributed by atoms with van der Waals surface area (Å²) in [5.41, 5.74) is 2.57. The number of carbonyl (C=O) groups is 1. The zero-order chi connectivity index (χ0) is 10.7. The van der Waals surface area contributed by atoms with Gasteiger partial charge in [-0.05, 0) is 28.0 Å². The molecule has 0 N–H and O–H groups in total. The van der Waals surface area contributed by atoms with E-state index in [1.165, 1.54) is 21.9 Å². The Bertz CT molecular complexity index is 652. The summed E-state index contributed by atoms with van der Waals surface area (Å²) < 4.78 is 0. The van der Waals surface area contributed by atoms with E-state index in [0.717, 1.165) is 0 Å². The van der Waals surface area contributed by atoms with Gasteiger partial charge in [0.15, 0.2) is 5.78 Å². The molecule has 0 aliphatic heterocycles. The number of fused-ring (bicyclic) bond motifs is 5. The minimum absolute atomic E-state index is 0.125. The third kappa shape index (κ3) is 0.843. The normalized spacial score (nSPS) is 25.4. The lowest BCUT2D eigenvalue weighted by atomic mass is 9.68. The first kappa shape index (κ1) is 8.28. The van der Waals surface area contributed by atoms with Crippen LogP contribution in [0.3, 0.4) is 0 Å². The molecule has 0 saturated carbocycles. The van der Waals surface area contributed by atoms with Gasteiger partial charge in [0.1, 0.15) is 0 Å². The molecule has 0 bridgehead atoms. The van der Waals surface area contributed by atoms with Gasteiger partial charge in [-0.3, -0.25) is 4.79 Å². The molecule has 2 atom stereocenters. The van der Waals surface area contributed by atoms with Gasteiger partial charge in [-0.15, -0.1) is 0 Å². The molecule has 0 aromatic heterocycles. The van der Waals surface area contributed by atoms with Crippen molar-refractivity contribution in [3.05, 3.63) is 59.7 Å². The van der Waals surface area contributed by atoms with Gasteiger partial charge in [0.2, 0.25) is 0 Å². The fraction of sp³-hybridized carbons (Fsp3) is 0.133. The fourth-order valence-corrected chi connectivity index (χ4v) is 2.96. The molecule has 2 aliphatic carbocycles. The van der Waals surface area contributed by atoms with Gasteiger partial charge < -0.3 is 0 Å². The Kier molecular flexibility index (Phi) is 1.35. The maximum Gasteiger partial charge on any atom is 0.163 e. The number of benzene rings is 2. The molecule has 0 heterocycles. The number of hydrogen-bond donors (Lipinski definition) is 0. The van der Waals surface area contributed by atoms with E-state index in [0.29, 0.717) is 5.92 Å². The van der Waals surface area contributed by atoms with Crippen molar-refractivity contribution < 1.29 is 4.79 Å². The number of ketones is 1. The van der Waals surface area contributed by atoms with Crippen LogP contribution in [-0.2, 0) is 4.79 Å². The van der Waals surface area contributed by atoms with E-state index >= 15 is 0 Å². The van der Waals surface area contributed by atoms with Crippen LogP contribution in [0.2, 0.25) is 0 Å². The van der Waals surface area contributed by atoms with Gasteiger partial charge in [-0.2, -0.15) is 0 Å². The molecule has 0 spiro atoms. The van der Waals surface area contributed by atoms with Crippen molar-refractivity contribution in [2.75, 3.05) is 0 Å². The number of carbonyl (C=O) groups excluding carboxylic acids is 1. The van der Waals surface area contributed by atoms with E-state index in [-0.39, 0.29) is 11.7 Å². The Balaban J connectivity index is 2.01. The van der Waals surface area contributed by atoms with E-state index in [4.69, 9.17) is 0 Å². The zero-order valence-electron chi connectivity index (χ0n) is 8.68. The van der Waals surface area contributed by atoms with Crippen LogP contribution in [0.4, 0.5) is 0 Å². The third-order valence-corrected chi connectivity index (χ3v) is 3.78. The molecule has 0 amide bonds. The monoisotopic (exact) mass is 206 g/mol. The molecular formula is C15H10O. The minimum atomic E-state index is 0.125. The Labute approximate surface area is 93.4 Å². The second-order valence-electron chi connectivity index (χ2n) is 4.59. The highest BCUT2D eigenvalue weighted by Crippen LogP contribution is 2.52. The molecule has 2 aromatic rings. The molecule has 2 aliphatic rings. The first-order chi connectivity index (χ1) is 7.84. The summed E-state index contributed by atoms with van der Waals surface area (Å²) in [5, 5.41) is 2.51. The Morgan fingerprint density at radius 3 is 2.38 bits per heavy atom. The summed E-state index contributed by atoms with van der Waals surface area (Å²) in [7, 11) is 0. The largest absolute Gasteiger partial charge is 0.294 e. The lowest BCUT2D eigenvalue weighted by molar-refractivity contribution is -0.116. The Hall–Kier alpha value is -1.89. The molecule has 2 unspecified atom stereocenters. The van der Waals surface area contributed by atoms with Crippen molar-refractivity contribution in [2.45, 2.75) is 11.8 Å². The van der Waals surface area contributed by atoms with Crippen LogP contribution >= 0.6 is 0 Å². The number of allylic oxidation sites excluding steroid dienone is 2. The SMILES string of the molecule is O=C1C=CC2c3cc4ccccc4cc3C12. The lowest BCUT2D eigenvalue weighted by Crippen LogP contribution is -2.24. The molecule has 2 aromatic carbocycles. The molecule has 0 saturated heterocycles. The molecule has 4 rings (SSSR count). The van der Waals surface area contributed by atoms with Gasteiger partial charge in [0, 0.05) is 5.92 Å². The molecule has 0 radical (unpaired) electrons. The summed E-state index contributed by atoms with van der Waals surface area (Å²) in [6, 6.07) is 12.7. The van der Waals surface area contributed by atoms with Crippen LogP contribution in [-0.4, -0.2) is 5.78 Å². The molecule has 76 valence electrons. The first-order valence-electron chi connectivity index (χ1n) is 5.59. The summed E-state index contributed by atoms with van der Waals surface area (Å²) in [5.74, 6) is 0.750. The van der Waals surface area contributed by atoms with Crippen LogP contribution in [0, 0.1) is 0 Å². The summed E-state index contributed by atoms with van der Waals surface area (Å²) in [4.78, 5) is 11.6. The molecule has 16 heavy (non-hydrogen) atoms. The van der Waals surface area contributed by atoms with Crippen molar-refractivity contribution in [2.24, 2.45) is 0 Å². The van der Waals surface area contributed by atoms with Crippen molar-refractivity contribution in [3.63, 3.8) is 0 Å². The van der Waals surface area contributed by atoms with E-state index < -0.39 is 0 Å². The minimum Gasteiger partial charge on any atom is -0.294 e. The number of hydrogen-bond acceptors (Lipinski definition) is 1. The summed E-state index contributed by atoms with van der Waals surface area (Å²) in [6.07, 6.45) is 3.78. The highest BCUT2D eigenvalue weighted by atomic mass is 16.1. The standard InChI is InChI=1S/C15H10O/c16-14-6-5-11-12-7-9-3-1-2-4-10(9)8-13(12)15(11)14/h1-8,11,15H. The first-order valence-corrected chi connectivity index (χ1v) is 5.59.